The molecular formula is C14H17N3O2. The highest BCUT2D eigenvalue weighted by molar-refractivity contribution is 5.92. The highest BCUT2D eigenvalue weighted by atomic mass is 16.5. The number of hydrogen-bond acceptors (Lipinski definition) is 4. The first-order valence-corrected chi connectivity index (χ1v) is 6.31. The number of nitriles is 1. The van der Waals surface area contributed by atoms with Gasteiger partial charge in [0, 0.05) is 24.7 Å². The van der Waals surface area contributed by atoms with Crippen LogP contribution in [0.15, 0.2) is 18.2 Å². The van der Waals surface area contributed by atoms with Gasteiger partial charge in [0.1, 0.15) is 0 Å². The number of amides is 1. The number of hydrogen-bond donors (Lipinski definition) is 2. The molecule has 1 fully saturated rings. The van der Waals surface area contributed by atoms with Crippen LogP contribution in [0.1, 0.15) is 17.5 Å². The summed E-state index contributed by atoms with van der Waals surface area (Å²) in [4.78, 5) is 11.9. The van der Waals surface area contributed by atoms with Crippen LogP contribution >= 0.6 is 0 Å². The van der Waals surface area contributed by atoms with Crippen LogP contribution in [0.5, 0.6) is 0 Å². The molecule has 0 aromatic heterocycles. The number of carbonyl (C=O) groups is 1. The highest BCUT2D eigenvalue weighted by Gasteiger charge is 2.17. The molecule has 1 unspecified atom stereocenters. The third-order valence-corrected chi connectivity index (χ3v) is 3.07. The summed E-state index contributed by atoms with van der Waals surface area (Å²) in [6, 6.07) is 7.39. The third-order valence-electron chi connectivity index (χ3n) is 3.07. The zero-order valence-electron chi connectivity index (χ0n) is 10.9. The monoisotopic (exact) mass is 259 g/mol. The molecule has 100 valence electrons. The van der Waals surface area contributed by atoms with Crippen LogP contribution in [-0.4, -0.2) is 31.7 Å². The number of aryl methyl sites for hydroxylation is 1. The third kappa shape index (κ3) is 3.78. The van der Waals surface area contributed by atoms with Gasteiger partial charge < -0.3 is 15.4 Å². The molecule has 1 aromatic rings. The Balaban J connectivity index is 1.96. The Labute approximate surface area is 112 Å². The van der Waals surface area contributed by atoms with Crippen LogP contribution in [0, 0.1) is 18.3 Å². The largest absolute Gasteiger partial charge is 0.378 e. The normalized spacial score (nSPS) is 18.6. The fourth-order valence-electron chi connectivity index (χ4n) is 2.00. The number of nitrogens with zero attached hydrogens (tertiary/aromatic N) is 1. The van der Waals surface area contributed by atoms with E-state index in [4.69, 9.17) is 10.00 Å². The lowest BCUT2D eigenvalue weighted by Crippen LogP contribution is -2.43. The Morgan fingerprint density at radius 1 is 1.63 bits per heavy atom. The lowest BCUT2D eigenvalue weighted by atomic mass is 10.1. The molecule has 5 heteroatoms. The molecule has 2 N–H and O–H groups in total. The number of ether oxygens (including phenoxy) is 1. The standard InChI is InChI=1S/C14H17N3O2/c1-10-2-3-11(8-15)6-13(10)17-14(18)7-12-9-19-5-4-16-12/h2-3,6,12,16H,4-5,7,9H2,1H3,(H,17,18). The first-order chi connectivity index (χ1) is 9.19. The molecule has 0 saturated carbocycles. The smallest absolute Gasteiger partial charge is 0.226 e. The summed E-state index contributed by atoms with van der Waals surface area (Å²) in [5.74, 6) is -0.0683. The number of benzene rings is 1. The first-order valence-electron chi connectivity index (χ1n) is 6.31. The van der Waals surface area contributed by atoms with Gasteiger partial charge in [0.25, 0.3) is 0 Å². The maximum absolute atomic E-state index is 11.9. The van der Waals surface area contributed by atoms with Gasteiger partial charge in [-0.05, 0) is 24.6 Å². The van der Waals surface area contributed by atoms with Gasteiger partial charge in [0.2, 0.25) is 5.91 Å². The molecule has 19 heavy (non-hydrogen) atoms. The first kappa shape index (κ1) is 13.5. The van der Waals surface area contributed by atoms with Crippen LogP contribution in [0.3, 0.4) is 0 Å². The molecule has 1 heterocycles. The minimum absolute atomic E-state index is 0.0632. The molecule has 1 saturated heterocycles. The topological polar surface area (TPSA) is 74.2 Å². The van der Waals surface area contributed by atoms with Crippen molar-refractivity contribution in [2.24, 2.45) is 0 Å². The summed E-state index contributed by atoms with van der Waals surface area (Å²) in [7, 11) is 0. The van der Waals surface area contributed by atoms with Crippen LogP contribution in [-0.2, 0) is 9.53 Å². The van der Waals surface area contributed by atoms with E-state index in [9.17, 15) is 4.79 Å². The lowest BCUT2D eigenvalue weighted by molar-refractivity contribution is -0.117. The van der Waals surface area contributed by atoms with Crippen molar-refractivity contribution in [2.75, 3.05) is 25.1 Å². The Kier molecular flexibility index (Phi) is 4.50. The summed E-state index contributed by atoms with van der Waals surface area (Å²) >= 11 is 0. The Hall–Kier alpha value is -1.90. The van der Waals surface area contributed by atoms with Crippen molar-refractivity contribution in [3.8, 4) is 6.07 Å². The zero-order chi connectivity index (χ0) is 13.7. The van der Waals surface area contributed by atoms with Crippen LogP contribution in [0.25, 0.3) is 0 Å². The van der Waals surface area contributed by atoms with Crippen LogP contribution in [0.4, 0.5) is 5.69 Å². The van der Waals surface area contributed by atoms with E-state index in [1.54, 1.807) is 12.1 Å². The molecule has 0 aliphatic carbocycles. The molecule has 1 aliphatic heterocycles. The molecule has 0 spiro atoms. The predicted molar refractivity (Wildman–Crippen MR) is 71.8 cm³/mol. The van der Waals surface area contributed by atoms with Crippen molar-refractivity contribution in [1.29, 1.82) is 5.26 Å². The van der Waals surface area contributed by atoms with Gasteiger partial charge in [-0.1, -0.05) is 6.07 Å². The maximum Gasteiger partial charge on any atom is 0.226 e. The summed E-state index contributed by atoms with van der Waals surface area (Å²) in [6.45, 7) is 3.94. The summed E-state index contributed by atoms with van der Waals surface area (Å²) < 4.78 is 5.31. The Morgan fingerprint density at radius 2 is 2.47 bits per heavy atom. The van der Waals surface area contributed by atoms with Gasteiger partial charge in [0.05, 0.1) is 24.8 Å². The van der Waals surface area contributed by atoms with Crippen molar-refractivity contribution in [3.05, 3.63) is 29.3 Å². The van der Waals surface area contributed by atoms with E-state index < -0.39 is 0 Å². The second kappa shape index (κ2) is 6.32. The average Bonchev–Trinajstić information content (AvgIpc) is 2.42. The molecule has 5 nitrogen and oxygen atoms in total. The van der Waals surface area contributed by atoms with Gasteiger partial charge in [-0.2, -0.15) is 5.26 Å². The van der Waals surface area contributed by atoms with E-state index in [0.29, 0.717) is 30.9 Å². The summed E-state index contributed by atoms with van der Waals surface area (Å²) in [6.07, 6.45) is 0.371. The van der Waals surface area contributed by atoms with Crippen molar-refractivity contribution in [3.63, 3.8) is 0 Å². The van der Waals surface area contributed by atoms with E-state index in [1.807, 2.05) is 13.0 Å². The second-order valence-electron chi connectivity index (χ2n) is 4.62. The van der Waals surface area contributed by atoms with Gasteiger partial charge >= 0.3 is 0 Å². The molecule has 0 bridgehead atoms. The van der Waals surface area contributed by atoms with E-state index in [0.717, 1.165) is 12.1 Å². The fourth-order valence-corrected chi connectivity index (χ4v) is 2.00. The van der Waals surface area contributed by atoms with Gasteiger partial charge in [0.15, 0.2) is 0 Å². The SMILES string of the molecule is Cc1ccc(C#N)cc1NC(=O)CC1COCCN1. The van der Waals surface area contributed by atoms with Crippen molar-refractivity contribution < 1.29 is 9.53 Å². The van der Waals surface area contributed by atoms with Crippen molar-refractivity contribution in [1.82, 2.24) is 5.32 Å². The molecule has 1 aliphatic rings. The zero-order valence-corrected chi connectivity index (χ0v) is 10.9. The van der Waals surface area contributed by atoms with E-state index in [1.165, 1.54) is 0 Å². The molecular weight excluding hydrogens is 242 g/mol. The predicted octanol–water partition coefficient (Wildman–Crippen LogP) is 1.18. The number of rotatable bonds is 3. The lowest BCUT2D eigenvalue weighted by Gasteiger charge is -2.23. The summed E-state index contributed by atoms with van der Waals surface area (Å²) in [5.41, 5.74) is 2.18. The fraction of sp³-hybridized carbons (Fsp3) is 0.429. The highest BCUT2D eigenvalue weighted by Crippen LogP contribution is 2.17. The molecule has 1 aromatic carbocycles. The number of morpholine rings is 1. The number of anilines is 1. The molecule has 2 rings (SSSR count). The van der Waals surface area contributed by atoms with Crippen LogP contribution in [0.2, 0.25) is 0 Å². The average molecular weight is 259 g/mol. The van der Waals surface area contributed by atoms with E-state index >= 15 is 0 Å². The minimum Gasteiger partial charge on any atom is -0.378 e. The number of carbonyl (C=O) groups excluding carboxylic acids is 1. The quantitative estimate of drug-likeness (QED) is 0.855. The summed E-state index contributed by atoms with van der Waals surface area (Å²) in [5, 5.41) is 14.9. The Bertz CT molecular complexity index is 502. The maximum atomic E-state index is 11.9. The molecule has 1 atom stereocenters. The molecule has 1 amide bonds. The second-order valence-corrected chi connectivity index (χ2v) is 4.62. The van der Waals surface area contributed by atoms with Crippen LogP contribution < -0.4 is 10.6 Å². The Morgan fingerprint density at radius 3 is 3.16 bits per heavy atom. The minimum atomic E-state index is -0.0683. The van der Waals surface area contributed by atoms with Crippen molar-refractivity contribution in [2.45, 2.75) is 19.4 Å². The van der Waals surface area contributed by atoms with Gasteiger partial charge in [-0.15, -0.1) is 0 Å². The van der Waals surface area contributed by atoms with Gasteiger partial charge in [-0.3, -0.25) is 4.79 Å². The van der Waals surface area contributed by atoms with E-state index in [2.05, 4.69) is 16.7 Å². The van der Waals surface area contributed by atoms with E-state index in [-0.39, 0.29) is 11.9 Å². The number of nitrogens with one attached hydrogen (secondary N) is 2. The molecule has 0 radical (unpaired) electrons. The van der Waals surface area contributed by atoms with Gasteiger partial charge in [-0.25, -0.2) is 0 Å². The van der Waals surface area contributed by atoms with Crippen molar-refractivity contribution >= 4 is 11.6 Å².